The van der Waals surface area contributed by atoms with E-state index in [0.29, 0.717) is 18.5 Å². The summed E-state index contributed by atoms with van der Waals surface area (Å²) in [4.78, 5) is 4.67. The molecule has 8 nitrogen and oxygen atoms in total. The predicted octanol–water partition coefficient (Wildman–Crippen LogP) is 2.19. The third-order valence-electron chi connectivity index (χ3n) is 5.25. The fourth-order valence-electron chi connectivity index (χ4n) is 3.61. The maximum atomic E-state index is 12.4. The lowest BCUT2D eigenvalue weighted by Crippen LogP contribution is -2.47. The summed E-state index contributed by atoms with van der Waals surface area (Å²) in [5.41, 5.74) is 1.12. The SMILES string of the molecule is N#Cc1cccc(S(=O)(=O)NCCCN2CCN(c3noc4ccccc34)CC2)c1. The summed E-state index contributed by atoms with van der Waals surface area (Å²) in [5, 5.41) is 14.2. The van der Waals surface area contributed by atoms with Crippen LogP contribution >= 0.6 is 0 Å². The average molecular weight is 426 g/mol. The number of hydrogen-bond donors (Lipinski definition) is 1. The van der Waals surface area contributed by atoms with E-state index in [1.165, 1.54) is 12.1 Å². The van der Waals surface area contributed by atoms with Crippen molar-refractivity contribution >= 4 is 26.8 Å². The number of sulfonamides is 1. The number of aromatic nitrogens is 1. The molecule has 3 aromatic rings. The lowest BCUT2D eigenvalue weighted by molar-refractivity contribution is 0.254. The highest BCUT2D eigenvalue weighted by Crippen LogP contribution is 2.26. The van der Waals surface area contributed by atoms with Crippen molar-refractivity contribution in [2.24, 2.45) is 0 Å². The van der Waals surface area contributed by atoms with Crippen molar-refractivity contribution < 1.29 is 12.9 Å². The van der Waals surface area contributed by atoms with Crippen LogP contribution in [-0.2, 0) is 10.0 Å². The Kier molecular flexibility index (Phi) is 5.99. The molecule has 1 aliphatic rings. The van der Waals surface area contributed by atoms with Crippen LogP contribution in [0.2, 0.25) is 0 Å². The zero-order valence-corrected chi connectivity index (χ0v) is 17.3. The Balaban J connectivity index is 1.24. The van der Waals surface area contributed by atoms with E-state index in [4.69, 9.17) is 9.78 Å². The van der Waals surface area contributed by atoms with Gasteiger partial charge in [0.25, 0.3) is 0 Å². The van der Waals surface area contributed by atoms with Gasteiger partial charge >= 0.3 is 0 Å². The standard InChI is InChI=1S/C21H23N5O3S/c22-16-17-5-3-6-18(15-17)30(27,28)23-9-4-10-25-11-13-26(14-12-25)21-19-7-1-2-8-20(19)29-24-21/h1-3,5-8,15,23H,4,9-14H2. The monoisotopic (exact) mass is 425 g/mol. The first-order chi connectivity index (χ1) is 14.6. The molecule has 0 amide bonds. The van der Waals surface area contributed by atoms with Crippen LogP contribution in [0, 0.1) is 11.3 Å². The fourth-order valence-corrected chi connectivity index (χ4v) is 4.73. The number of anilines is 1. The third-order valence-corrected chi connectivity index (χ3v) is 6.71. The molecule has 1 saturated heterocycles. The van der Waals surface area contributed by atoms with Gasteiger partial charge in [0.2, 0.25) is 10.0 Å². The highest BCUT2D eigenvalue weighted by atomic mass is 32.2. The maximum absolute atomic E-state index is 12.4. The van der Waals surface area contributed by atoms with Gasteiger partial charge in [-0.15, -0.1) is 0 Å². The number of benzene rings is 2. The van der Waals surface area contributed by atoms with E-state index >= 15 is 0 Å². The summed E-state index contributed by atoms with van der Waals surface area (Å²) in [5.74, 6) is 0.887. The normalized spacial score (nSPS) is 15.4. The smallest absolute Gasteiger partial charge is 0.240 e. The molecule has 4 rings (SSSR count). The van der Waals surface area contributed by atoms with E-state index in [-0.39, 0.29) is 4.90 Å². The molecule has 0 bridgehead atoms. The Labute approximate surface area is 175 Å². The van der Waals surface area contributed by atoms with Crippen LogP contribution in [0.25, 0.3) is 11.0 Å². The van der Waals surface area contributed by atoms with Crippen LogP contribution in [-0.4, -0.2) is 57.7 Å². The summed E-state index contributed by atoms with van der Waals surface area (Å²) in [6.07, 6.45) is 0.712. The number of fused-ring (bicyclic) bond motifs is 1. The minimum absolute atomic E-state index is 0.120. The molecule has 9 heteroatoms. The van der Waals surface area contributed by atoms with Gasteiger partial charge in [-0.25, -0.2) is 13.1 Å². The van der Waals surface area contributed by atoms with Gasteiger partial charge in [0.1, 0.15) is 0 Å². The molecule has 2 heterocycles. The van der Waals surface area contributed by atoms with Gasteiger partial charge in [-0.1, -0.05) is 23.4 Å². The molecule has 0 spiro atoms. The van der Waals surface area contributed by atoms with Crippen molar-refractivity contribution in [3.8, 4) is 6.07 Å². The van der Waals surface area contributed by atoms with Crippen LogP contribution in [0.1, 0.15) is 12.0 Å². The quantitative estimate of drug-likeness (QED) is 0.579. The lowest BCUT2D eigenvalue weighted by Gasteiger charge is -2.34. The third kappa shape index (κ3) is 4.46. The fraction of sp³-hybridized carbons (Fsp3) is 0.333. The minimum Gasteiger partial charge on any atom is -0.354 e. The number of nitrogens with zero attached hydrogens (tertiary/aromatic N) is 4. The van der Waals surface area contributed by atoms with E-state index in [1.54, 1.807) is 12.1 Å². The van der Waals surface area contributed by atoms with Gasteiger partial charge in [0, 0.05) is 32.7 Å². The summed E-state index contributed by atoms with van der Waals surface area (Å²) < 4.78 is 32.8. The number of rotatable bonds is 7. The second-order valence-corrected chi connectivity index (χ2v) is 8.99. The molecule has 156 valence electrons. The number of piperazine rings is 1. The zero-order valence-electron chi connectivity index (χ0n) is 16.5. The Morgan fingerprint density at radius 2 is 1.90 bits per heavy atom. The molecule has 0 aliphatic carbocycles. The van der Waals surface area contributed by atoms with E-state index in [2.05, 4.69) is 19.7 Å². The molecule has 30 heavy (non-hydrogen) atoms. The largest absolute Gasteiger partial charge is 0.354 e. The van der Waals surface area contributed by atoms with Crippen molar-refractivity contribution in [3.63, 3.8) is 0 Å². The summed E-state index contributed by atoms with van der Waals surface area (Å²) in [7, 11) is -3.60. The second-order valence-electron chi connectivity index (χ2n) is 7.22. The Bertz CT molecular complexity index is 1160. The molecular formula is C21H23N5O3S. The first-order valence-corrected chi connectivity index (χ1v) is 11.4. The average Bonchev–Trinajstić information content (AvgIpc) is 3.21. The van der Waals surface area contributed by atoms with E-state index < -0.39 is 10.0 Å². The number of para-hydroxylation sites is 1. The molecule has 0 saturated carbocycles. The van der Waals surface area contributed by atoms with Gasteiger partial charge in [0.15, 0.2) is 11.4 Å². The molecule has 1 fully saturated rings. The van der Waals surface area contributed by atoms with Gasteiger partial charge in [-0.2, -0.15) is 5.26 Å². The van der Waals surface area contributed by atoms with Crippen molar-refractivity contribution in [1.82, 2.24) is 14.8 Å². The minimum atomic E-state index is -3.60. The van der Waals surface area contributed by atoms with Crippen LogP contribution in [0.5, 0.6) is 0 Å². The number of nitriles is 1. The molecular weight excluding hydrogens is 402 g/mol. The van der Waals surface area contributed by atoms with Crippen molar-refractivity contribution in [3.05, 3.63) is 54.1 Å². The van der Waals surface area contributed by atoms with Crippen molar-refractivity contribution in [2.45, 2.75) is 11.3 Å². The van der Waals surface area contributed by atoms with E-state index in [9.17, 15) is 8.42 Å². The van der Waals surface area contributed by atoms with Gasteiger partial charge < -0.3 is 9.42 Å². The molecule has 0 atom stereocenters. The molecule has 2 aromatic carbocycles. The van der Waals surface area contributed by atoms with Gasteiger partial charge in [0.05, 0.1) is 21.9 Å². The maximum Gasteiger partial charge on any atom is 0.240 e. The van der Waals surface area contributed by atoms with E-state index in [1.807, 2.05) is 30.3 Å². The van der Waals surface area contributed by atoms with Crippen molar-refractivity contribution in [2.75, 3.05) is 44.2 Å². The van der Waals surface area contributed by atoms with Crippen LogP contribution in [0.4, 0.5) is 5.82 Å². The molecule has 1 aromatic heterocycles. The highest BCUT2D eigenvalue weighted by Gasteiger charge is 2.21. The van der Waals surface area contributed by atoms with Crippen molar-refractivity contribution in [1.29, 1.82) is 5.26 Å². The Morgan fingerprint density at radius 3 is 2.70 bits per heavy atom. The van der Waals surface area contributed by atoms with Crippen LogP contribution in [0.3, 0.4) is 0 Å². The Hall–Kier alpha value is -2.93. The molecule has 1 aliphatic heterocycles. The zero-order chi connectivity index (χ0) is 21.0. The highest BCUT2D eigenvalue weighted by molar-refractivity contribution is 7.89. The lowest BCUT2D eigenvalue weighted by atomic mass is 10.2. The Morgan fingerprint density at radius 1 is 1.10 bits per heavy atom. The number of hydrogen-bond acceptors (Lipinski definition) is 7. The summed E-state index contributed by atoms with van der Waals surface area (Å²) in [6.45, 7) is 4.64. The second kappa shape index (κ2) is 8.83. The number of nitrogens with one attached hydrogen (secondary N) is 1. The molecule has 0 radical (unpaired) electrons. The first kappa shape index (κ1) is 20.3. The van der Waals surface area contributed by atoms with Crippen LogP contribution in [0.15, 0.2) is 57.9 Å². The first-order valence-electron chi connectivity index (χ1n) is 9.88. The van der Waals surface area contributed by atoms with Gasteiger partial charge in [-0.3, -0.25) is 4.90 Å². The van der Waals surface area contributed by atoms with Gasteiger partial charge in [-0.05, 0) is 43.3 Å². The molecule has 0 unspecified atom stereocenters. The van der Waals surface area contributed by atoms with Crippen LogP contribution < -0.4 is 9.62 Å². The van der Waals surface area contributed by atoms with E-state index in [0.717, 1.165) is 49.5 Å². The molecule has 1 N–H and O–H groups in total. The summed E-state index contributed by atoms with van der Waals surface area (Å²) in [6, 6.07) is 15.9. The predicted molar refractivity (Wildman–Crippen MR) is 114 cm³/mol. The summed E-state index contributed by atoms with van der Waals surface area (Å²) >= 11 is 0. The topological polar surface area (TPSA) is 102 Å².